The van der Waals surface area contributed by atoms with Gasteiger partial charge in [-0.05, 0) is 51.3 Å². The fourth-order valence-electron chi connectivity index (χ4n) is 3.21. The first-order valence-corrected chi connectivity index (χ1v) is 7.63. The van der Waals surface area contributed by atoms with Gasteiger partial charge in [0.15, 0.2) is 0 Å². The predicted molar refractivity (Wildman–Crippen MR) is 82.6 cm³/mol. The molecule has 3 rings (SSSR count). The number of hydrogen-bond acceptors (Lipinski definition) is 3. The van der Waals surface area contributed by atoms with Crippen molar-refractivity contribution >= 4 is 11.0 Å². The summed E-state index contributed by atoms with van der Waals surface area (Å²) in [6.07, 6.45) is 2.48. The van der Waals surface area contributed by atoms with Crippen LogP contribution in [0.3, 0.4) is 0 Å². The summed E-state index contributed by atoms with van der Waals surface area (Å²) in [4.78, 5) is 2.51. The van der Waals surface area contributed by atoms with Crippen molar-refractivity contribution in [1.82, 2.24) is 4.90 Å². The molecule has 3 heteroatoms. The normalized spacial score (nSPS) is 23.9. The van der Waals surface area contributed by atoms with E-state index in [0.717, 1.165) is 24.4 Å². The van der Waals surface area contributed by atoms with Crippen LogP contribution < -0.4 is 5.73 Å². The van der Waals surface area contributed by atoms with Crippen molar-refractivity contribution < 1.29 is 4.42 Å². The summed E-state index contributed by atoms with van der Waals surface area (Å²) in [5.41, 5.74) is 7.06. The van der Waals surface area contributed by atoms with Crippen LogP contribution in [0, 0.1) is 5.92 Å². The predicted octanol–water partition coefficient (Wildman–Crippen LogP) is 3.55. The van der Waals surface area contributed by atoms with Gasteiger partial charge in [-0.1, -0.05) is 18.2 Å². The van der Waals surface area contributed by atoms with Gasteiger partial charge in [0, 0.05) is 18.0 Å². The lowest BCUT2D eigenvalue weighted by molar-refractivity contribution is 0.111. The van der Waals surface area contributed by atoms with E-state index in [1.54, 1.807) is 0 Å². The van der Waals surface area contributed by atoms with Crippen molar-refractivity contribution in [3.05, 3.63) is 36.1 Å². The Hall–Kier alpha value is -1.32. The Morgan fingerprint density at radius 3 is 2.85 bits per heavy atom. The third-order valence-electron chi connectivity index (χ3n) is 4.64. The van der Waals surface area contributed by atoms with Crippen LogP contribution in [0.5, 0.6) is 0 Å². The van der Waals surface area contributed by atoms with Gasteiger partial charge in [0.1, 0.15) is 11.3 Å². The first kappa shape index (κ1) is 13.7. The average Bonchev–Trinajstić information content (AvgIpc) is 2.90. The van der Waals surface area contributed by atoms with E-state index in [1.807, 2.05) is 12.1 Å². The van der Waals surface area contributed by atoms with E-state index in [4.69, 9.17) is 10.2 Å². The minimum atomic E-state index is 0.278. The summed E-state index contributed by atoms with van der Waals surface area (Å²) < 4.78 is 6.01. The Bertz CT molecular complexity index is 542. The smallest absolute Gasteiger partial charge is 0.134 e. The molecule has 0 aliphatic carbocycles. The Labute approximate surface area is 120 Å². The van der Waals surface area contributed by atoms with E-state index in [9.17, 15) is 0 Å². The van der Waals surface area contributed by atoms with E-state index < -0.39 is 0 Å². The lowest BCUT2D eigenvalue weighted by Gasteiger charge is -2.37. The zero-order valence-corrected chi connectivity index (χ0v) is 12.4. The van der Waals surface area contributed by atoms with Crippen LogP contribution in [0.25, 0.3) is 11.0 Å². The van der Waals surface area contributed by atoms with E-state index in [2.05, 4.69) is 36.9 Å². The van der Waals surface area contributed by atoms with Gasteiger partial charge >= 0.3 is 0 Å². The van der Waals surface area contributed by atoms with Gasteiger partial charge in [-0.3, -0.25) is 4.90 Å². The molecule has 0 bridgehead atoms. The third kappa shape index (κ3) is 2.60. The topological polar surface area (TPSA) is 42.4 Å². The van der Waals surface area contributed by atoms with Crippen molar-refractivity contribution in [3.63, 3.8) is 0 Å². The lowest BCUT2D eigenvalue weighted by Crippen LogP contribution is -2.43. The highest BCUT2D eigenvalue weighted by Gasteiger charge is 2.27. The van der Waals surface area contributed by atoms with Crippen molar-refractivity contribution in [2.45, 2.75) is 38.8 Å². The summed E-state index contributed by atoms with van der Waals surface area (Å²) in [5, 5.41) is 1.19. The van der Waals surface area contributed by atoms with E-state index in [1.165, 1.54) is 18.2 Å². The minimum absolute atomic E-state index is 0.278. The van der Waals surface area contributed by atoms with Crippen LogP contribution >= 0.6 is 0 Å². The molecule has 0 amide bonds. The van der Waals surface area contributed by atoms with E-state index in [0.29, 0.717) is 12.0 Å². The molecule has 1 aliphatic rings. The number of para-hydroxylation sites is 1. The summed E-state index contributed by atoms with van der Waals surface area (Å²) >= 11 is 0. The van der Waals surface area contributed by atoms with Crippen molar-refractivity contribution in [1.29, 1.82) is 0 Å². The fraction of sp³-hybridized carbons (Fsp3) is 0.529. The Balaban J connectivity index is 1.79. The number of nitrogens with two attached hydrogens (primary N) is 1. The van der Waals surface area contributed by atoms with Crippen molar-refractivity contribution in [3.8, 4) is 0 Å². The van der Waals surface area contributed by atoms with Crippen LogP contribution in [0.1, 0.15) is 38.5 Å². The van der Waals surface area contributed by atoms with E-state index >= 15 is 0 Å². The van der Waals surface area contributed by atoms with Gasteiger partial charge in [-0.25, -0.2) is 0 Å². The minimum Gasteiger partial charge on any atom is -0.459 e. The molecule has 0 radical (unpaired) electrons. The van der Waals surface area contributed by atoms with Gasteiger partial charge in [0.05, 0.1) is 6.04 Å². The Kier molecular flexibility index (Phi) is 3.81. The van der Waals surface area contributed by atoms with Crippen LogP contribution in [0.15, 0.2) is 34.7 Å². The molecule has 2 heterocycles. The van der Waals surface area contributed by atoms with E-state index in [-0.39, 0.29) is 6.04 Å². The van der Waals surface area contributed by atoms with Crippen LogP contribution in [0.2, 0.25) is 0 Å². The molecule has 2 aromatic rings. The molecule has 3 atom stereocenters. The molecule has 1 saturated heterocycles. The van der Waals surface area contributed by atoms with Gasteiger partial charge in [0.2, 0.25) is 0 Å². The van der Waals surface area contributed by atoms with Gasteiger partial charge < -0.3 is 10.2 Å². The number of hydrogen-bond donors (Lipinski definition) is 1. The zero-order chi connectivity index (χ0) is 14.1. The zero-order valence-electron chi connectivity index (χ0n) is 12.4. The molecule has 1 fully saturated rings. The SMILES string of the molecule is CC(N)C1CCCN(C(C)c2cc3ccccc3o2)C1. The number of furan rings is 1. The quantitative estimate of drug-likeness (QED) is 0.929. The largest absolute Gasteiger partial charge is 0.459 e. The molecule has 1 aliphatic heterocycles. The monoisotopic (exact) mass is 272 g/mol. The molecular formula is C17H24N2O. The number of nitrogens with zero attached hydrogens (tertiary/aromatic N) is 1. The molecule has 3 nitrogen and oxygen atoms in total. The van der Waals surface area contributed by atoms with Gasteiger partial charge in [0.25, 0.3) is 0 Å². The molecule has 1 aromatic carbocycles. The maximum Gasteiger partial charge on any atom is 0.134 e. The van der Waals surface area contributed by atoms with Crippen LogP contribution in [0.4, 0.5) is 0 Å². The summed E-state index contributed by atoms with van der Waals surface area (Å²) in [6, 6.07) is 11.0. The second-order valence-corrected chi connectivity index (χ2v) is 6.12. The van der Waals surface area contributed by atoms with Crippen LogP contribution in [-0.4, -0.2) is 24.0 Å². The summed E-state index contributed by atoms with van der Waals surface area (Å²) in [7, 11) is 0. The number of likely N-dealkylation sites (tertiary alicyclic amines) is 1. The molecular weight excluding hydrogens is 248 g/mol. The van der Waals surface area contributed by atoms with Crippen molar-refractivity contribution in [2.75, 3.05) is 13.1 Å². The average molecular weight is 272 g/mol. The first-order valence-electron chi connectivity index (χ1n) is 7.63. The number of benzene rings is 1. The summed E-state index contributed by atoms with van der Waals surface area (Å²) in [5.74, 6) is 1.67. The fourth-order valence-corrected chi connectivity index (χ4v) is 3.21. The molecule has 3 unspecified atom stereocenters. The first-order chi connectivity index (χ1) is 9.65. The maximum absolute atomic E-state index is 6.08. The summed E-state index contributed by atoms with van der Waals surface area (Å²) in [6.45, 7) is 6.58. The van der Waals surface area contributed by atoms with Crippen LogP contribution in [-0.2, 0) is 0 Å². The number of piperidine rings is 1. The maximum atomic E-state index is 6.08. The highest BCUT2D eigenvalue weighted by Crippen LogP contribution is 2.31. The molecule has 0 spiro atoms. The van der Waals surface area contributed by atoms with Gasteiger partial charge in [-0.2, -0.15) is 0 Å². The highest BCUT2D eigenvalue weighted by atomic mass is 16.3. The molecule has 1 aromatic heterocycles. The Morgan fingerprint density at radius 2 is 2.10 bits per heavy atom. The third-order valence-corrected chi connectivity index (χ3v) is 4.64. The lowest BCUT2D eigenvalue weighted by atomic mass is 9.91. The molecule has 108 valence electrons. The molecule has 0 saturated carbocycles. The van der Waals surface area contributed by atoms with Gasteiger partial charge in [-0.15, -0.1) is 0 Å². The number of rotatable bonds is 3. The molecule has 20 heavy (non-hydrogen) atoms. The Morgan fingerprint density at radius 1 is 1.30 bits per heavy atom. The standard InChI is InChI=1S/C17H24N2O/c1-12(18)15-7-5-9-19(11-15)13(2)17-10-14-6-3-4-8-16(14)20-17/h3-4,6,8,10,12-13,15H,5,7,9,11,18H2,1-2H3. The second kappa shape index (κ2) is 5.58. The molecule has 2 N–H and O–H groups in total. The van der Waals surface area contributed by atoms with Crippen molar-refractivity contribution in [2.24, 2.45) is 11.7 Å². The highest BCUT2D eigenvalue weighted by molar-refractivity contribution is 5.77. The number of fused-ring (bicyclic) bond motifs is 1. The second-order valence-electron chi connectivity index (χ2n) is 6.12.